The molecule has 0 aliphatic carbocycles. The summed E-state index contributed by atoms with van der Waals surface area (Å²) in [7, 11) is -3.60. The van der Waals surface area contributed by atoms with Crippen molar-refractivity contribution in [2.24, 2.45) is 0 Å². The minimum atomic E-state index is -3.60. The molecule has 1 rings (SSSR count). The van der Waals surface area contributed by atoms with E-state index in [1.807, 2.05) is 0 Å². The number of sulfonamides is 1. The predicted octanol–water partition coefficient (Wildman–Crippen LogP) is -1.59. The summed E-state index contributed by atoms with van der Waals surface area (Å²) in [5.41, 5.74) is 0. The minimum absolute atomic E-state index is 0.170. The standard InChI is InChI=1S/C10H16N2O7S/c1-20(18,19)12-4-2-3-7(12)10(17)11(5-8(13)14)6-9(15)16/h7H,2-6H2,1H3,(H,13,14)(H,15,16). The van der Waals surface area contributed by atoms with E-state index in [9.17, 15) is 22.8 Å². The van der Waals surface area contributed by atoms with Crippen LogP contribution in [0.5, 0.6) is 0 Å². The Labute approximate surface area is 115 Å². The van der Waals surface area contributed by atoms with Crippen molar-refractivity contribution in [1.82, 2.24) is 9.21 Å². The van der Waals surface area contributed by atoms with Crippen LogP contribution in [-0.2, 0) is 24.4 Å². The van der Waals surface area contributed by atoms with Gasteiger partial charge in [-0.15, -0.1) is 0 Å². The van der Waals surface area contributed by atoms with Gasteiger partial charge >= 0.3 is 11.9 Å². The molecular formula is C10H16N2O7S. The molecule has 114 valence electrons. The molecule has 1 aliphatic rings. The van der Waals surface area contributed by atoms with Crippen molar-refractivity contribution in [2.75, 3.05) is 25.9 Å². The van der Waals surface area contributed by atoms with E-state index in [-0.39, 0.29) is 13.0 Å². The fourth-order valence-electron chi connectivity index (χ4n) is 2.13. The van der Waals surface area contributed by atoms with Crippen LogP contribution in [0.3, 0.4) is 0 Å². The first-order chi connectivity index (χ1) is 9.12. The van der Waals surface area contributed by atoms with Gasteiger partial charge in [0.2, 0.25) is 15.9 Å². The highest BCUT2D eigenvalue weighted by atomic mass is 32.2. The number of hydrogen-bond acceptors (Lipinski definition) is 5. The predicted molar refractivity (Wildman–Crippen MR) is 66.4 cm³/mol. The van der Waals surface area contributed by atoms with Gasteiger partial charge in [0, 0.05) is 6.54 Å². The SMILES string of the molecule is CS(=O)(=O)N1CCCC1C(=O)N(CC(=O)O)CC(=O)O. The van der Waals surface area contributed by atoms with Crippen LogP contribution in [0.4, 0.5) is 0 Å². The zero-order valence-corrected chi connectivity index (χ0v) is 11.7. The van der Waals surface area contributed by atoms with Gasteiger partial charge in [0.1, 0.15) is 19.1 Å². The topological polar surface area (TPSA) is 132 Å². The van der Waals surface area contributed by atoms with E-state index in [1.54, 1.807) is 0 Å². The highest BCUT2D eigenvalue weighted by Gasteiger charge is 2.39. The fourth-order valence-corrected chi connectivity index (χ4v) is 3.25. The summed E-state index contributed by atoms with van der Waals surface area (Å²) in [5.74, 6) is -3.51. The summed E-state index contributed by atoms with van der Waals surface area (Å²) in [5, 5.41) is 17.4. The number of aliphatic carboxylic acids is 2. The van der Waals surface area contributed by atoms with Crippen molar-refractivity contribution < 1.29 is 33.0 Å². The Hall–Kier alpha value is -1.68. The lowest BCUT2D eigenvalue weighted by atomic mass is 10.2. The van der Waals surface area contributed by atoms with E-state index >= 15 is 0 Å². The summed E-state index contributed by atoms with van der Waals surface area (Å²) in [6, 6.07) is -1.02. The molecule has 0 saturated carbocycles. The number of amides is 1. The lowest BCUT2D eigenvalue weighted by molar-refractivity contribution is -0.150. The van der Waals surface area contributed by atoms with Crippen LogP contribution >= 0.6 is 0 Å². The summed E-state index contributed by atoms with van der Waals surface area (Å²) >= 11 is 0. The van der Waals surface area contributed by atoms with Crippen LogP contribution in [0.1, 0.15) is 12.8 Å². The van der Waals surface area contributed by atoms with Crippen LogP contribution in [0.15, 0.2) is 0 Å². The van der Waals surface area contributed by atoms with Crippen molar-refractivity contribution in [1.29, 1.82) is 0 Å². The van der Waals surface area contributed by atoms with E-state index in [4.69, 9.17) is 10.2 Å². The van der Waals surface area contributed by atoms with E-state index in [0.717, 1.165) is 10.6 Å². The second-order valence-corrected chi connectivity index (χ2v) is 6.45. The molecule has 9 nitrogen and oxygen atoms in total. The van der Waals surface area contributed by atoms with Gasteiger partial charge in [0.15, 0.2) is 0 Å². The fraction of sp³-hybridized carbons (Fsp3) is 0.700. The lowest BCUT2D eigenvalue weighted by Gasteiger charge is -2.27. The molecule has 1 unspecified atom stereocenters. The number of carboxylic acid groups (broad SMARTS) is 2. The number of carboxylic acids is 2. The molecule has 1 saturated heterocycles. The van der Waals surface area contributed by atoms with Gasteiger partial charge in [-0.25, -0.2) is 8.42 Å². The van der Waals surface area contributed by atoms with Gasteiger partial charge < -0.3 is 15.1 Å². The van der Waals surface area contributed by atoms with E-state index in [1.165, 1.54) is 0 Å². The number of rotatable bonds is 6. The van der Waals surface area contributed by atoms with Crippen molar-refractivity contribution in [2.45, 2.75) is 18.9 Å². The average molecular weight is 308 g/mol. The molecule has 1 atom stereocenters. The molecule has 0 aromatic rings. The molecular weight excluding hydrogens is 292 g/mol. The molecule has 1 heterocycles. The molecule has 10 heteroatoms. The van der Waals surface area contributed by atoms with Crippen LogP contribution in [0.2, 0.25) is 0 Å². The molecule has 0 aromatic carbocycles. The highest BCUT2D eigenvalue weighted by Crippen LogP contribution is 2.22. The van der Waals surface area contributed by atoms with E-state index in [0.29, 0.717) is 11.3 Å². The molecule has 1 fully saturated rings. The number of carbonyl (C=O) groups is 3. The van der Waals surface area contributed by atoms with E-state index < -0.39 is 47.0 Å². The molecule has 0 radical (unpaired) electrons. The Morgan fingerprint density at radius 2 is 1.70 bits per heavy atom. The second kappa shape index (κ2) is 6.18. The Balaban J connectivity index is 2.93. The quantitative estimate of drug-likeness (QED) is 0.604. The maximum absolute atomic E-state index is 12.2. The normalized spacial score (nSPS) is 19.8. The third kappa shape index (κ3) is 4.17. The average Bonchev–Trinajstić information content (AvgIpc) is 2.74. The minimum Gasteiger partial charge on any atom is -0.480 e. The van der Waals surface area contributed by atoms with Crippen molar-refractivity contribution in [3.8, 4) is 0 Å². The number of nitrogens with zero attached hydrogens (tertiary/aromatic N) is 2. The van der Waals surface area contributed by atoms with Gasteiger partial charge in [-0.05, 0) is 12.8 Å². The van der Waals surface area contributed by atoms with Crippen LogP contribution in [0, 0.1) is 0 Å². The van der Waals surface area contributed by atoms with Gasteiger partial charge in [0.25, 0.3) is 0 Å². The summed E-state index contributed by atoms with van der Waals surface area (Å²) in [4.78, 5) is 34.1. The number of hydrogen-bond donors (Lipinski definition) is 2. The van der Waals surface area contributed by atoms with Crippen LogP contribution in [-0.4, -0.2) is 77.6 Å². The Kier molecular flexibility index (Phi) is 5.06. The van der Waals surface area contributed by atoms with Crippen molar-refractivity contribution >= 4 is 27.9 Å². The van der Waals surface area contributed by atoms with Gasteiger partial charge in [0.05, 0.1) is 6.26 Å². The maximum atomic E-state index is 12.2. The molecule has 0 spiro atoms. The van der Waals surface area contributed by atoms with Crippen molar-refractivity contribution in [3.63, 3.8) is 0 Å². The number of carbonyl (C=O) groups excluding carboxylic acids is 1. The Morgan fingerprint density at radius 3 is 2.10 bits per heavy atom. The maximum Gasteiger partial charge on any atom is 0.323 e. The molecule has 20 heavy (non-hydrogen) atoms. The second-order valence-electron chi connectivity index (χ2n) is 4.51. The van der Waals surface area contributed by atoms with Gasteiger partial charge in [-0.1, -0.05) is 0 Å². The lowest BCUT2D eigenvalue weighted by Crippen LogP contribution is -2.50. The first-order valence-corrected chi connectivity index (χ1v) is 7.67. The summed E-state index contributed by atoms with van der Waals surface area (Å²) in [6.07, 6.45) is 1.68. The summed E-state index contributed by atoms with van der Waals surface area (Å²) in [6.45, 7) is -1.39. The van der Waals surface area contributed by atoms with E-state index in [2.05, 4.69) is 0 Å². The first-order valence-electron chi connectivity index (χ1n) is 5.82. The summed E-state index contributed by atoms with van der Waals surface area (Å²) < 4.78 is 24.1. The molecule has 0 bridgehead atoms. The third-order valence-corrected chi connectivity index (χ3v) is 4.17. The van der Waals surface area contributed by atoms with Gasteiger partial charge in [-0.2, -0.15) is 4.31 Å². The first kappa shape index (κ1) is 16.4. The zero-order chi connectivity index (χ0) is 15.5. The van der Waals surface area contributed by atoms with Gasteiger partial charge in [-0.3, -0.25) is 14.4 Å². The smallest absolute Gasteiger partial charge is 0.323 e. The molecule has 1 amide bonds. The Morgan fingerprint density at radius 1 is 1.20 bits per heavy atom. The highest BCUT2D eigenvalue weighted by molar-refractivity contribution is 7.88. The van der Waals surface area contributed by atoms with Crippen molar-refractivity contribution in [3.05, 3.63) is 0 Å². The third-order valence-electron chi connectivity index (χ3n) is 2.88. The molecule has 1 aliphatic heterocycles. The largest absolute Gasteiger partial charge is 0.480 e. The van der Waals surface area contributed by atoms with Crippen LogP contribution < -0.4 is 0 Å². The zero-order valence-electron chi connectivity index (χ0n) is 10.9. The monoisotopic (exact) mass is 308 g/mol. The Bertz CT molecular complexity index is 500. The molecule has 0 aromatic heterocycles. The molecule has 2 N–H and O–H groups in total. The van der Waals surface area contributed by atoms with Crippen LogP contribution in [0.25, 0.3) is 0 Å².